The smallest absolute Gasteiger partial charge is 0.222 e. The molecule has 1 rings (SSSR count). The lowest BCUT2D eigenvalue weighted by Crippen LogP contribution is -2.36. The molecular weight excluding hydrogens is 202 g/mol. The van der Waals surface area contributed by atoms with Crippen molar-refractivity contribution in [1.82, 2.24) is 4.98 Å². The molecule has 1 heterocycles. The van der Waals surface area contributed by atoms with Crippen LogP contribution >= 0.6 is 0 Å². The van der Waals surface area contributed by atoms with E-state index in [1.54, 1.807) is 0 Å². The predicted molar refractivity (Wildman–Crippen MR) is 49.8 cm³/mol. The van der Waals surface area contributed by atoms with Crippen LogP contribution in [0.15, 0.2) is 16.9 Å². The second-order valence-electron chi connectivity index (χ2n) is 3.42. The van der Waals surface area contributed by atoms with E-state index in [4.69, 9.17) is 9.52 Å². The first-order valence-electron chi connectivity index (χ1n) is 4.64. The summed E-state index contributed by atoms with van der Waals surface area (Å²) in [6, 6.07) is 0. The van der Waals surface area contributed by atoms with E-state index < -0.39 is 24.4 Å². The maximum absolute atomic E-state index is 9.50. The van der Waals surface area contributed by atoms with Crippen molar-refractivity contribution in [2.75, 3.05) is 0 Å². The van der Waals surface area contributed by atoms with Gasteiger partial charge in [-0.15, -0.1) is 0 Å². The summed E-state index contributed by atoms with van der Waals surface area (Å²) in [5.41, 5.74) is 0. The fourth-order valence-corrected chi connectivity index (χ4v) is 1.19. The Morgan fingerprint density at radius 3 is 2.47 bits per heavy atom. The molecule has 0 amide bonds. The van der Waals surface area contributed by atoms with Crippen molar-refractivity contribution in [3.8, 4) is 0 Å². The standard InChI is InChI=1S/C9H15NO5/c1-5(11)8(14)6(12)4-7(13)9-10-2-3-15-9/h2-3,5-8,11-14H,4H2,1H3. The normalized spacial score (nSPS) is 19.5. The second kappa shape index (κ2) is 5.22. The highest BCUT2D eigenvalue weighted by Gasteiger charge is 2.25. The highest BCUT2D eigenvalue weighted by molar-refractivity contribution is 4.88. The average Bonchev–Trinajstić information content (AvgIpc) is 2.68. The third-order valence-corrected chi connectivity index (χ3v) is 2.09. The lowest BCUT2D eigenvalue weighted by molar-refractivity contribution is -0.0698. The van der Waals surface area contributed by atoms with Crippen molar-refractivity contribution in [1.29, 1.82) is 0 Å². The van der Waals surface area contributed by atoms with Gasteiger partial charge in [-0.2, -0.15) is 0 Å². The first-order chi connectivity index (χ1) is 7.02. The SMILES string of the molecule is CC(O)C(O)C(O)CC(O)c1ncco1. The molecule has 0 saturated carbocycles. The van der Waals surface area contributed by atoms with Gasteiger partial charge in [0.25, 0.3) is 0 Å². The Balaban J connectivity index is 2.48. The van der Waals surface area contributed by atoms with Crippen molar-refractivity contribution in [3.63, 3.8) is 0 Å². The van der Waals surface area contributed by atoms with Crippen LogP contribution < -0.4 is 0 Å². The van der Waals surface area contributed by atoms with Crippen LogP contribution in [-0.4, -0.2) is 43.7 Å². The summed E-state index contributed by atoms with van der Waals surface area (Å²) in [5, 5.41) is 37.2. The van der Waals surface area contributed by atoms with E-state index in [1.165, 1.54) is 19.4 Å². The number of hydrogen-bond acceptors (Lipinski definition) is 6. The van der Waals surface area contributed by atoms with Crippen molar-refractivity contribution >= 4 is 0 Å². The van der Waals surface area contributed by atoms with E-state index in [-0.39, 0.29) is 12.3 Å². The van der Waals surface area contributed by atoms with Crippen LogP contribution in [0.4, 0.5) is 0 Å². The van der Waals surface area contributed by atoms with E-state index in [0.717, 1.165) is 0 Å². The van der Waals surface area contributed by atoms with E-state index in [2.05, 4.69) is 4.98 Å². The maximum atomic E-state index is 9.50. The van der Waals surface area contributed by atoms with Gasteiger partial charge in [0, 0.05) is 6.42 Å². The fraction of sp³-hybridized carbons (Fsp3) is 0.667. The molecule has 0 radical (unpaired) electrons. The number of hydrogen-bond donors (Lipinski definition) is 4. The monoisotopic (exact) mass is 217 g/mol. The van der Waals surface area contributed by atoms with Gasteiger partial charge >= 0.3 is 0 Å². The van der Waals surface area contributed by atoms with E-state index in [9.17, 15) is 15.3 Å². The van der Waals surface area contributed by atoms with Gasteiger partial charge in [0.15, 0.2) is 0 Å². The minimum atomic E-state index is -1.30. The molecule has 4 unspecified atom stereocenters. The molecule has 0 aliphatic rings. The molecule has 1 aromatic rings. The van der Waals surface area contributed by atoms with Gasteiger partial charge in [0.1, 0.15) is 18.5 Å². The van der Waals surface area contributed by atoms with Crippen LogP contribution in [0.5, 0.6) is 0 Å². The van der Waals surface area contributed by atoms with Gasteiger partial charge in [-0.25, -0.2) is 4.98 Å². The van der Waals surface area contributed by atoms with Gasteiger partial charge in [0.05, 0.1) is 18.4 Å². The number of oxazole rings is 1. The fourth-order valence-electron chi connectivity index (χ4n) is 1.19. The van der Waals surface area contributed by atoms with Gasteiger partial charge < -0.3 is 24.8 Å². The molecular formula is C9H15NO5. The highest BCUT2D eigenvalue weighted by Crippen LogP contribution is 2.18. The minimum Gasteiger partial charge on any atom is -0.446 e. The Labute approximate surface area is 86.8 Å². The topological polar surface area (TPSA) is 107 Å². The number of aliphatic hydroxyl groups excluding tert-OH is 4. The minimum absolute atomic E-state index is 0.0758. The first kappa shape index (κ1) is 12.1. The zero-order valence-electron chi connectivity index (χ0n) is 8.32. The third-order valence-electron chi connectivity index (χ3n) is 2.09. The third kappa shape index (κ3) is 3.28. The largest absolute Gasteiger partial charge is 0.446 e. The number of rotatable bonds is 5. The Morgan fingerprint density at radius 1 is 1.33 bits per heavy atom. The van der Waals surface area contributed by atoms with Crippen LogP contribution in [0.25, 0.3) is 0 Å². The highest BCUT2D eigenvalue weighted by atomic mass is 16.4. The van der Waals surface area contributed by atoms with Gasteiger partial charge in [-0.05, 0) is 6.92 Å². The van der Waals surface area contributed by atoms with E-state index in [1.807, 2.05) is 0 Å². The van der Waals surface area contributed by atoms with Gasteiger partial charge in [0.2, 0.25) is 5.89 Å². The Hall–Kier alpha value is -0.950. The predicted octanol–water partition coefficient (Wildman–Crippen LogP) is -0.799. The molecule has 0 aromatic carbocycles. The molecule has 1 aromatic heterocycles. The molecule has 4 atom stereocenters. The van der Waals surface area contributed by atoms with Crippen LogP contribution in [0.1, 0.15) is 25.3 Å². The van der Waals surface area contributed by atoms with Gasteiger partial charge in [-0.1, -0.05) is 0 Å². The Bertz CT molecular complexity index is 274. The molecule has 6 heteroatoms. The lowest BCUT2D eigenvalue weighted by atomic mass is 10.0. The van der Waals surface area contributed by atoms with E-state index in [0.29, 0.717) is 0 Å². The summed E-state index contributed by atoms with van der Waals surface area (Å²) in [4.78, 5) is 3.70. The quantitative estimate of drug-likeness (QED) is 0.514. The van der Waals surface area contributed by atoms with Crippen molar-refractivity contribution in [2.24, 2.45) is 0 Å². The molecule has 0 saturated heterocycles. The summed E-state index contributed by atoms with van der Waals surface area (Å²) < 4.78 is 4.82. The molecule has 6 nitrogen and oxygen atoms in total. The molecule has 86 valence electrons. The summed E-state index contributed by atoms with van der Waals surface area (Å²) >= 11 is 0. The molecule has 0 aliphatic heterocycles. The van der Waals surface area contributed by atoms with Crippen LogP contribution in [0, 0.1) is 0 Å². The van der Waals surface area contributed by atoms with Crippen molar-refractivity contribution in [2.45, 2.75) is 37.8 Å². The van der Waals surface area contributed by atoms with Crippen LogP contribution in [0.3, 0.4) is 0 Å². The summed E-state index contributed by atoms with van der Waals surface area (Å²) in [6.07, 6.45) is -2.15. The summed E-state index contributed by atoms with van der Waals surface area (Å²) in [6.45, 7) is 1.35. The Morgan fingerprint density at radius 2 is 2.00 bits per heavy atom. The summed E-state index contributed by atoms with van der Waals surface area (Å²) in [5.74, 6) is 0.0758. The molecule has 0 bridgehead atoms. The zero-order valence-corrected chi connectivity index (χ0v) is 8.32. The number of aliphatic hydroxyl groups is 4. The first-order valence-corrected chi connectivity index (χ1v) is 4.64. The van der Waals surface area contributed by atoms with Gasteiger partial charge in [-0.3, -0.25) is 0 Å². The van der Waals surface area contributed by atoms with Crippen LogP contribution in [-0.2, 0) is 0 Å². The molecule has 0 spiro atoms. The molecule has 0 fully saturated rings. The average molecular weight is 217 g/mol. The summed E-state index contributed by atoms with van der Waals surface area (Å²) in [7, 11) is 0. The second-order valence-corrected chi connectivity index (χ2v) is 3.42. The lowest BCUT2D eigenvalue weighted by Gasteiger charge is -2.21. The maximum Gasteiger partial charge on any atom is 0.222 e. The molecule has 4 N–H and O–H groups in total. The van der Waals surface area contributed by atoms with Crippen molar-refractivity contribution in [3.05, 3.63) is 18.4 Å². The molecule has 15 heavy (non-hydrogen) atoms. The Kier molecular flexibility index (Phi) is 4.22. The zero-order chi connectivity index (χ0) is 11.4. The number of nitrogens with zero attached hydrogens (tertiary/aromatic N) is 1. The van der Waals surface area contributed by atoms with E-state index >= 15 is 0 Å². The van der Waals surface area contributed by atoms with Crippen LogP contribution in [0.2, 0.25) is 0 Å². The van der Waals surface area contributed by atoms with Crippen molar-refractivity contribution < 1.29 is 24.8 Å². The molecule has 0 aliphatic carbocycles. The number of aromatic nitrogens is 1.